The lowest BCUT2D eigenvalue weighted by Crippen LogP contribution is -2.39. The Labute approximate surface area is 142 Å². The minimum Gasteiger partial charge on any atom is -0.490 e. The molecule has 134 valence electrons. The Bertz CT molecular complexity index is 543. The molecular formula is C18H27F2N3O. The van der Waals surface area contributed by atoms with Crippen LogP contribution in [-0.2, 0) is 6.54 Å². The van der Waals surface area contributed by atoms with E-state index in [1.807, 2.05) is 32.0 Å². The zero-order chi connectivity index (χ0) is 17.4. The lowest BCUT2D eigenvalue weighted by atomic mass is 10.1. The second-order valence-electron chi connectivity index (χ2n) is 6.10. The van der Waals surface area contributed by atoms with Crippen molar-refractivity contribution >= 4 is 5.96 Å². The number of nitrogens with one attached hydrogen (secondary N) is 2. The summed E-state index contributed by atoms with van der Waals surface area (Å²) in [5.41, 5.74) is 2.11. The molecule has 0 bridgehead atoms. The number of hydrogen-bond donors (Lipinski definition) is 2. The van der Waals surface area contributed by atoms with Crippen molar-refractivity contribution < 1.29 is 13.5 Å². The van der Waals surface area contributed by atoms with Crippen molar-refractivity contribution in [3.05, 3.63) is 29.3 Å². The molecule has 1 fully saturated rings. The zero-order valence-electron chi connectivity index (χ0n) is 14.4. The zero-order valence-corrected chi connectivity index (χ0v) is 14.4. The molecule has 0 atom stereocenters. The van der Waals surface area contributed by atoms with Crippen molar-refractivity contribution in [1.29, 1.82) is 0 Å². The van der Waals surface area contributed by atoms with Crippen molar-refractivity contribution in [2.45, 2.75) is 58.6 Å². The van der Waals surface area contributed by atoms with Crippen LogP contribution in [0.15, 0.2) is 23.2 Å². The molecule has 0 radical (unpaired) electrons. The normalized spacial score (nSPS) is 15.8. The molecule has 4 nitrogen and oxygen atoms in total. The number of alkyl halides is 2. The molecular weight excluding hydrogens is 312 g/mol. The van der Waals surface area contributed by atoms with Gasteiger partial charge in [0, 0.05) is 12.1 Å². The van der Waals surface area contributed by atoms with Crippen molar-refractivity contribution in [1.82, 2.24) is 10.6 Å². The highest BCUT2D eigenvalue weighted by Gasteiger charge is 2.18. The maximum absolute atomic E-state index is 12.4. The summed E-state index contributed by atoms with van der Waals surface area (Å²) in [5, 5.41) is 5.62. The van der Waals surface area contributed by atoms with Gasteiger partial charge in [-0.15, -0.1) is 0 Å². The van der Waals surface area contributed by atoms with E-state index >= 15 is 0 Å². The first kappa shape index (κ1) is 18.5. The summed E-state index contributed by atoms with van der Waals surface area (Å²) in [6.45, 7) is 4.53. The van der Waals surface area contributed by atoms with E-state index in [4.69, 9.17) is 4.74 Å². The molecule has 6 heteroatoms. The summed E-state index contributed by atoms with van der Waals surface area (Å²) in [6, 6.07) is 6.05. The van der Waals surface area contributed by atoms with Gasteiger partial charge in [0.1, 0.15) is 5.75 Å². The quantitative estimate of drug-likeness (QED) is 0.589. The van der Waals surface area contributed by atoms with Crippen molar-refractivity contribution in [3.8, 4) is 5.75 Å². The number of rotatable bonds is 7. The van der Waals surface area contributed by atoms with E-state index in [2.05, 4.69) is 15.6 Å². The van der Waals surface area contributed by atoms with Crippen LogP contribution in [0, 0.1) is 6.92 Å². The van der Waals surface area contributed by atoms with E-state index in [9.17, 15) is 8.78 Å². The molecule has 1 saturated carbocycles. The molecule has 2 rings (SSSR count). The Balaban J connectivity index is 2.06. The SMILES string of the molecule is CCNC(=NCc1ccc(C)cc1OC1CCCC1)NCC(F)F. The lowest BCUT2D eigenvalue weighted by molar-refractivity contribution is 0.152. The molecule has 2 N–H and O–H groups in total. The minimum atomic E-state index is -2.41. The number of benzene rings is 1. The summed E-state index contributed by atoms with van der Waals surface area (Å²) in [6.07, 6.45) is 2.48. The third kappa shape index (κ3) is 5.98. The Morgan fingerprint density at radius 3 is 2.71 bits per heavy atom. The number of aliphatic imine (C=N–C) groups is 1. The Kier molecular flexibility index (Phi) is 7.28. The maximum Gasteiger partial charge on any atom is 0.255 e. The van der Waals surface area contributed by atoms with E-state index in [0.717, 1.165) is 29.7 Å². The van der Waals surface area contributed by atoms with E-state index in [1.165, 1.54) is 12.8 Å². The van der Waals surface area contributed by atoms with E-state index in [-0.39, 0.29) is 6.10 Å². The smallest absolute Gasteiger partial charge is 0.255 e. The molecule has 1 aromatic rings. The molecule has 0 unspecified atom stereocenters. The van der Waals surface area contributed by atoms with Crippen LogP contribution in [0.2, 0.25) is 0 Å². The Hall–Kier alpha value is -1.85. The van der Waals surface area contributed by atoms with Gasteiger partial charge >= 0.3 is 0 Å². The Morgan fingerprint density at radius 2 is 2.04 bits per heavy atom. The van der Waals surface area contributed by atoms with Gasteiger partial charge in [-0.1, -0.05) is 12.1 Å². The number of ether oxygens (including phenoxy) is 1. The second kappa shape index (κ2) is 9.45. The first-order valence-electron chi connectivity index (χ1n) is 8.65. The van der Waals surface area contributed by atoms with Gasteiger partial charge in [-0.25, -0.2) is 13.8 Å². The molecule has 1 aromatic carbocycles. The molecule has 1 aliphatic rings. The number of guanidine groups is 1. The minimum absolute atomic E-state index is 0.278. The van der Waals surface area contributed by atoms with Gasteiger partial charge in [0.25, 0.3) is 6.43 Å². The number of hydrogen-bond acceptors (Lipinski definition) is 2. The van der Waals surface area contributed by atoms with Crippen molar-refractivity contribution in [2.75, 3.05) is 13.1 Å². The van der Waals surface area contributed by atoms with E-state index < -0.39 is 13.0 Å². The van der Waals surface area contributed by atoms with Gasteiger partial charge in [-0.2, -0.15) is 0 Å². The summed E-state index contributed by atoms with van der Waals surface area (Å²) < 4.78 is 30.9. The fourth-order valence-electron chi connectivity index (χ4n) is 2.77. The van der Waals surface area contributed by atoms with Gasteiger partial charge in [0.15, 0.2) is 5.96 Å². The van der Waals surface area contributed by atoms with Crippen LogP contribution >= 0.6 is 0 Å². The maximum atomic E-state index is 12.4. The molecule has 0 aliphatic heterocycles. The highest BCUT2D eigenvalue weighted by atomic mass is 19.3. The number of nitrogens with zero attached hydrogens (tertiary/aromatic N) is 1. The molecule has 0 saturated heterocycles. The molecule has 0 heterocycles. The predicted molar refractivity (Wildman–Crippen MR) is 92.9 cm³/mol. The number of aryl methyl sites for hydroxylation is 1. The highest BCUT2D eigenvalue weighted by molar-refractivity contribution is 5.79. The predicted octanol–water partition coefficient (Wildman–Crippen LogP) is 3.64. The molecule has 0 amide bonds. The topological polar surface area (TPSA) is 45.7 Å². The van der Waals surface area contributed by atoms with Crippen LogP contribution in [0.3, 0.4) is 0 Å². The van der Waals surface area contributed by atoms with E-state index in [1.54, 1.807) is 0 Å². The Morgan fingerprint density at radius 1 is 1.29 bits per heavy atom. The largest absolute Gasteiger partial charge is 0.490 e. The molecule has 0 aromatic heterocycles. The van der Waals surface area contributed by atoms with Crippen LogP contribution in [0.5, 0.6) is 5.75 Å². The van der Waals surface area contributed by atoms with E-state index in [0.29, 0.717) is 19.0 Å². The van der Waals surface area contributed by atoms with Crippen molar-refractivity contribution in [3.63, 3.8) is 0 Å². The second-order valence-corrected chi connectivity index (χ2v) is 6.10. The first-order valence-corrected chi connectivity index (χ1v) is 8.65. The van der Waals surface area contributed by atoms with Crippen molar-refractivity contribution in [2.24, 2.45) is 4.99 Å². The van der Waals surface area contributed by atoms with Gasteiger partial charge in [0.05, 0.1) is 19.2 Å². The molecule has 24 heavy (non-hydrogen) atoms. The molecule has 0 spiro atoms. The van der Waals surface area contributed by atoms with Crippen LogP contribution in [-0.4, -0.2) is 31.6 Å². The summed E-state index contributed by atoms with van der Waals surface area (Å²) in [7, 11) is 0. The standard InChI is InChI=1S/C18H27F2N3O/c1-3-21-18(23-12-17(19)20)22-11-14-9-8-13(2)10-16(14)24-15-6-4-5-7-15/h8-10,15,17H,3-7,11-12H2,1-2H3,(H2,21,22,23). The molecule has 1 aliphatic carbocycles. The van der Waals surface area contributed by atoms with Gasteiger partial charge in [-0.3, -0.25) is 0 Å². The average molecular weight is 339 g/mol. The van der Waals surface area contributed by atoms with Gasteiger partial charge < -0.3 is 15.4 Å². The van der Waals surface area contributed by atoms with Gasteiger partial charge in [-0.05, 0) is 51.2 Å². The monoisotopic (exact) mass is 339 g/mol. The van der Waals surface area contributed by atoms with Crippen LogP contribution in [0.25, 0.3) is 0 Å². The van der Waals surface area contributed by atoms with Crippen LogP contribution in [0.1, 0.15) is 43.7 Å². The average Bonchev–Trinajstić information content (AvgIpc) is 3.04. The van der Waals surface area contributed by atoms with Crippen LogP contribution < -0.4 is 15.4 Å². The third-order valence-corrected chi connectivity index (χ3v) is 3.99. The lowest BCUT2D eigenvalue weighted by Gasteiger charge is -2.17. The fourth-order valence-corrected chi connectivity index (χ4v) is 2.77. The third-order valence-electron chi connectivity index (χ3n) is 3.99. The number of halogens is 2. The summed E-state index contributed by atoms with van der Waals surface area (Å²) >= 11 is 0. The summed E-state index contributed by atoms with van der Waals surface area (Å²) in [5.74, 6) is 1.25. The fraction of sp³-hybridized carbons (Fsp3) is 0.611. The first-order chi connectivity index (χ1) is 11.6. The van der Waals surface area contributed by atoms with Gasteiger partial charge in [0.2, 0.25) is 0 Å². The highest BCUT2D eigenvalue weighted by Crippen LogP contribution is 2.28. The summed E-state index contributed by atoms with van der Waals surface area (Å²) in [4.78, 5) is 4.40. The van der Waals surface area contributed by atoms with Crippen LogP contribution in [0.4, 0.5) is 8.78 Å².